The van der Waals surface area contributed by atoms with Gasteiger partial charge in [0.05, 0.1) is 5.56 Å². The fourth-order valence-corrected chi connectivity index (χ4v) is 1.44. The predicted octanol–water partition coefficient (Wildman–Crippen LogP) is 1.51. The van der Waals surface area contributed by atoms with Crippen LogP contribution >= 0.6 is 11.8 Å². The van der Waals surface area contributed by atoms with E-state index in [0.717, 1.165) is 0 Å². The lowest BCUT2D eigenvalue weighted by molar-refractivity contribution is 0.1000. The molecule has 0 saturated carbocycles. The maximum atomic E-state index is 11.2. The third-order valence-corrected chi connectivity index (χ3v) is 2.27. The highest BCUT2D eigenvalue weighted by Gasteiger charge is 2.17. The summed E-state index contributed by atoms with van der Waals surface area (Å²) in [6, 6.07) is 0. The first-order valence-electron chi connectivity index (χ1n) is 4.82. The molecule has 0 fully saturated rings. The number of aromatic nitrogens is 2. The average Bonchev–Trinajstić information content (AvgIpc) is 2.14. The van der Waals surface area contributed by atoms with Gasteiger partial charge in [-0.25, -0.2) is 9.97 Å². The third kappa shape index (κ3) is 3.37. The number of nitrogens with zero attached hydrogens (tertiary/aromatic N) is 2. The Labute approximate surface area is 99.2 Å². The molecule has 0 radical (unpaired) electrons. The number of nitrogens with one attached hydrogen (secondary N) is 1. The Morgan fingerprint density at radius 2 is 2.12 bits per heavy atom. The van der Waals surface area contributed by atoms with Crippen molar-refractivity contribution in [3.8, 4) is 0 Å². The van der Waals surface area contributed by atoms with Gasteiger partial charge in [-0.05, 0) is 27.0 Å². The second-order valence-electron chi connectivity index (χ2n) is 4.36. The monoisotopic (exact) mass is 240 g/mol. The molecule has 3 N–H and O–H groups in total. The van der Waals surface area contributed by atoms with Gasteiger partial charge in [-0.2, -0.15) is 0 Å². The molecule has 0 saturated heterocycles. The van der Waals surface area contributed by atoms with Crippen molar-refractivity contribution in [3.63, 3.8) is 0 Å². The fraction of sp³-hybridized carbons (Fsp3) is 0.500. The molecule has 16 heavy (non-hydrogen) atoms. The SMILES string of the molecule is CSc1ncc(C(N)=O)c(NC(C)(C)C)n1. The van der Waals surface area contributed by atoms with Crippen molar-refractivity contribution in [3.05, 3.63) is 11.8 Å². The molecule has 0 bridgehead atoms. The van der Waals surface area contributed by atoms with Crippen LogP contribution in [0.2, 0.25) is 0 Å². The summed E-state index contributed by atoms with van der Waals surface area (Å²) in [5, 5.41) is 3.75. The maximum Gasteiger partial charge on any atom is 0.254 e. The van der Waals surface area contributed by atoms with E-state index in [-0.39, 0.29) is 5.54 Å². The van der Waals surface area contributed by atoms with Crippen LogP contribution in [0.4, 0.5) is 5.82 Å². The zero-order chi connectivity index (χ0) is 12.3. The Morgan fingerprint density at radius 3 is 2.56 bits per heavy atom. The molecule has 0 atom stereocenters. The predicted molar refractivity (Wildman–Crippen MR) is 65.7 cm³/mol. The number of nitrogens with two attached hydrogens (primary N) is 1. The van der Waals surface area contributed by atoms with Gasteiger partial charge < -0.3 is 11.1 Å². The highest BCUT2D eigenvalue weighted by atomic mass is 32.2. The van der Waals surface area contributed by atoms with Crippen molar-refractivity contribution in [2.75, 3.05) is 11.6 Å². The molecular weight excluding hydrogens is 224 g/mol. The van der Waals surface area contributed by atoms with Gasteiger partial charge in [0.25, 0.3) is 5.91 Å². The van der Waals surface area contributed by atoms with Crippen LogP contribution in [-0.2, 0) is 0 Å². The molecule has 6 heteroatoms. The van der Waals surface area contributed by atoms with E-state index in [1.807, 2.05) is 27.0 Å². The van der Waals surface area contributed by atoms with Crippen LogP contribution in [0.15, 0.2) is 11.4 Å². The van der Waals surface area contributed by atoms with Crippen molar-refractivity contribution in [1.29, 1.82) is 0 Å². The van der Waals surface area contributed by atoms with E-state index >= 15 is 0 Å². The summed E-state index contributed by atoms with van der Waals surface area (Å²) in [5.41, 5.74) is 5.39. The van der Waals surface area contributed by atoms with Crippen molar-refractivity contribution < 1.29 is 4.79 Å². The smallest absolute Gasteiger partial charge is 0.254 e. The molecule has 1 aromatic heterocycles. The van der Waals surface area contributed by atoms with Crippen LogP contribution in [0.3, 0.4) is 0 Å². The standard InChI is InChI=1S/C10H16N4OS/c1-10(2,3)14-8-6(7(11)15)5-12-9(13-8)16-4/h5H,1-4H3,(H2,11,15)(H,12,13,14). The van der Waals surface area contributed by atoms with E-state index in [1.54, 1.807) is 0 Å². The Morgan fingerprint density at radius 1 is 1.50 bits per heavy atom. The van der Waals surface area contributed by atoms with E-state index in [1.165, 1.54) is 18.0 Å². The van der Waals surface area contributed by atoms with Gasteiger partial charge in [0, 0.05) is 11.7 Å². The van der Waals surface area contributed by atoms with E-state index in [0.29, 0.717) is 16.5 Å². The van der Waals surface area contributed by atoms with Crippen LogP contribution in [-0.4, -0.2) is 27.7 Å². The maximum absolute atomic E-state index is 11.2. The molecule has 5 nitrogen and oxygen atoms in total. The minimum Gasteiger partial charge on any atom is -0.365 e. The van der Waals surface area contributed by atoms with Crippen molar-refractivity contribution in [2.45, 2.75) is 31.5 Å². The van der Waals surface area contributed by atoms with Gasteiger partial charge in [-0.3, -0.25) is 4.79 Å². The highest BCUT2D eigenvalue weighted by molar-refractivity contribution is 7.98. The first-order valence-corrected chi connectivity index (χ1v) is 6.05. The highest BCUT2D eigenvalue weighted by Crippen LogP contribution is 2.19. The first-order chi connectivity index (χ1) is 7.33. The summed E-state index contributed by atoms with van der Waals surface area (Å²) in [5.74, 6) is -0.0428. The fourth-order valence-electron chi connectivity index (χ4n) is 1.09. The molecule has 0 aliphatic rings. The Balaban J connectivity index is 3.15. The summed E-state index contributed by atoms with van der Waals surface area (Å²) in [6.07, 6.45) is 3.33. The second-order valence-corrected chi connectivity index (χ2v) is 5.13. The number of hydrogen-bond acceptors (Lipinski definition) is 5. The molecule has 0 unspecified atom stereocenters. The number of carbonyl (C=O) groups excluding carboxylic acids is 1. The van der Waals surface area contributed by atoms with Crippen LogP contribution < -0.4 is 11.1 Å². The number of primary amides is 1. The van der Waals surface area contributed by atoms with Crippen LogP contribution in [0.25, 0.3) is 0 Å². The van der Waals surface area contributed by atoms with Gasteiger partial charge in [0.15, 0.2) is 5.16 Å². The molecule has 0 aliphatic carbocycles. The summed E-state index contributed by atoms with van der Waals surface area (Å²) in [7, 11) is 0. The number of rotatable bonds is 3. The largest absolute Gasteiger partial charge is 0.365 e. The molecule has 88 valence electrons. The third-order valence-electron chi connectivity index (χ3n) is 1.71. The number of thioether (sulfide) groups is 1. The first kappa shape index (κ1) is 12.8. The summed E-state index contributed by atoms with van der Waals surface area (Å²) >= 11 is 1.42. The lowest BCUT2D eigenvalue weighted by Gasteiger charge is -2.22. The Kier molecular flexibility index (Phi) is 3.74. The quantitative estimate of drug-likeness (QED) is 0.618. The van der Waals surface area contributed by atoms with E-state index in [9.17, 15) is 4.79 Å². The van der Waals surface area contributed by atoms with E-state index < -0.39 is 5.91 Å². The minimum atomic E-state index is -0.528. The summed E-state index contributed by atoms with van der Waals surface area (Å²) in [4.78, 5) is 19.5. The molecule has 0 spiro atoms. The van der Waals surface area contributed by atoms with Gasteiger partial charge in [0.1, 0.15) is 5.82 Å². The van der Waals surface area contributed by atoms with Crippen molar-refractivity contribution >= 4 is 23.5 Å². The molecule has 0 aromatic carbocycles. The molecule has 0 aliphatic heterocycles. The molecule has 1 aromatic rings. The number of amides is 1. The summed E-state index contributed by atoms with van der Waals surface area (Å²) in [6.45, 7) is 5.95. The molecule has 1 rings (SSSR count). The number of anilines is 1. The van der Waals surface area contributed by atoms with Crippen LogP contribution in [0.1, 0.15) is 31.1 Å². The topological polar surface area (TPSA) is 80.9 Å². The molecule has 1 amide bonds. The number of hydrogen-bond donors (Lipinski definition) is 2. The van der Waals surface area contributed by atoms with Gasteiger partial charge in [-0.1, -0.05) is 11.8 Å². The summed E-state index contributed by atoms with van der Waals surface area (Å²) < 4.78 is 0. The average molecular weight is 240 g/mol. The Hall–Kier alpha value is -1.30. The van der Waals surface area contributed by atoms with Crippen molar-refractivity contribution in [1.82, 2.24) is 9.97 Å². The van der Waals surface area contributed by atoms with Gasteiger partial charge in [0.2, 0.25) is 0 Å². The lowest BCUT2D eigenvalue weighted by Crippen LogP contribution is -2.29. The normalized spacial score (nSPS) is 11.2. The number of carbonyl (C=O) groups is 1. The molecule has 1 heterocycles. The van der Waals surface area contributed by atoms with Gasteiger partial charge in [-0.15, -0.1) is 0 Å². The van der Waals surface area contributed by atoms with E-state index in [4.69, 9.17) is 5.73 Å². The second kappa shape index (κ2) is 4.69. The molecular formula is C10H16N4OS. The zero-order valence-corrected chi connectivity index (χ0v) is 10.7. The Bertz CT molecular complexity index is 400. The van der Waals surface area contributed by atoms with Crippen LogP contribution in [0, 0.1) is 0 Å². The van der Waals surface area contributed by atoms with Crippen molar-refractivity contribution in [2.24, 2.45) is 5.73 Å². The van der Waals surface area contributed by atoms with E-state index in [2.05, 4.69) is 15.3 Å². The van der Waals surface area contributed by atoms with Gasteiger partial charge >= 0.3 is 0 Å². The lowest BCUT2D eigenvalue weighted by atomic mass is 10.1. The zero-order valence-electron chi connectivity index (χ0n) is 9.87. The minimum absolute atomic E-state index is 0.186. The van der Waals surface area contributed by atoms with Crippen LogP contribution in [0.5, 0.6) is 0 Å².